The van der Waals surface area contributed by atoms with Gasteiger partial charge in [-0.05, 0) is 18.3 Å². The lowest BCUT2D eigenvalue weighted by atomic mass is 9.68. The van der Waals surface area contributed by atoms with Crippen molar-refractivity contribution >= 4 is 5.97 Å². The van der Waals surface area contributed by atoms with E-state index in [2.05, 4.69) is 18.8 Å². The van der Waals surface area contributed by atoms with Crippen LogP contribution >= 0.6 is 0 Å². The maximum absolute atomic E-state index is 11.4. The van der Waals surface area contributed by atoms with Crippen LogP contribution in [0, 0.1) is 11.8 Å². The molecule has 0 bridgehead atoms. The van der Waals surface area contributed by atoms with Crippen LogP contribution in [-0.2, 0) is 4.79 Å². The van der Waals surface area contributed by atoms with E-state index in [0.29, 0.717) is 12.5 Å². The molecule has 1 fully saturated rings. The summed E-state index contributed by atoms with van der Waals surface area (Å²) in [6, 6.07) is 0. The lowest BCUT2D eigenvalue weighted by Gasteiger charge is -2.43. The molecule has 3 heteroatoms. The average Bonchev–Trinajstić information content (AvgIpc) is 2.20. The van der Waals surface area contributed by atoms with Crippen molar-refractivity contribution in [3.05, 3.63) is 12.7 Å². The van der Waals surface area contributed by atoms with Crippen LogP contribution in [0.1, 0.15) is 33.1 Å². The Balaban J connectivity index is 2.86. The number of hydrogen-bond acceptors (Lipinski definition) is 2. The normalized spacial score (nSPS) is 36.1. The Morgan fingerprint density at radius 3 is 2.87 bits per heavy atom. The zero-order valence-corrected chi connectivity index (χ0v) is 9.62. The maximum Gasteiger partial charge on any atom is 0.324 e. The Bertz CT molecular complexity index is 252. The summed E-state index contributed by atoms with van der Waals surface area (Å²) in [6.07, 6.45) is 4.56. The molecule has 0 aromatic rings. The first kappa shape index (κ1) is 12.2. The molecule has 3 unspecified atom stereocenters. The summed E-state index contributed by atoms with van der Waals surface area (Å²) in [5, 5.41) is 12.6. The number of nitrogens with one attached hydrogen (secondary N) is 1. The van der Waals surface area contributed by atoms with E-state index in [1.807, 2.05) is 6.92 Å². The predicted molar refractivity (Wildman–Crippen MR) is 60.7 cm³/mol. The Labute approximate surface area is 91.6 Å². The van der Waals surface area contributed by atoms with Crippen LogP contribution in [0.2, 0.25) is 0 Å². The first-order valence-corrected chi connectivity index (χ1v) is 5.64. The number of carboxylic acid groups (broad SMARTS) is 1. The van der Waals surface area contributed by atoms with Gasteiger partial charge in [0.1, 0.15) is 5.54 Å². The third kappa shape index (κ3) is 2.23. The lowest BCUT2D eigenvalue weighted by molar-refractivity contribution is -0.150. The van der Waals surface area contributed by atoms with E-state index >= 15 is 0 Å². The monoisotopic (exact) mass is 211 g/mol. The molecule has 0 aliphatic heterocycles. The van der Waals surface area contributed by atoms with Gasteiger partial charge in [-0.2, -0.15) is 0 Å². The molecule has 15 heavy (non-hydrogen) atoms. The number of rotatable bonds is 4. The summed E-state index contributed by atoms with van der Waals surface area (Å²) < 4.78 is 0. The summed E-state index contributed by atoms with van der Waals surface area (Å²) in [4.78, 5) is 11.4. The molecule has 2 N–H and O–H groups in total. The standard InChI is InChI=1S/C12H21NO2/c1-4-8-13-12(11(14)15)7-5-6-9(2)10(12)3/h4,9-10,13H,1,5-8H2,2-3H3,(H,14,15). The molecule has 0 heterocycles. The van der Waals surface area contributed by atoms with Gasteiger partial charge in [0.15, 0.2) is 0 Å². The Hall–Kier alpha value is -0.830. The van der Waals surface area contributed by atoms with Gasteiger partial charge in [-0.25, -0.2) is 0 Å². The molecule has 3 nitrogen and oxygen atoms in total. The largest absolute Gasteiger partial charge is 0.480 e. The van der Waals surface area contributed by atoms with Crippen molar-refractivity contribution in [2.24, 2.45) is 11.8 Å². The highest BCUT2D eigenvalue weighted by atomic mass is 16.4. The third-order valence-electron chi connectivity index (χ3n) is 3.80. The number of carboxylic acids is 1. The molecule has 1 saturated carbocycles. The maximum atomic E-state index is 11.4. The van der Waals surface area contributed by atoms with Crippen LogP contribution in [0.5, 0.6) is 0 Å². The Morgan fingerprint density at radius 2 is 2.33 bits per heavy atom. The molecule has 0 aromatic heterocycles. The van der Waals surface area contributed by atoms with Crippen LogP contribution in [0.15, 0.2) is 12.7 Å². The van der Waals surface area contributed by atoms with Gasteiger partial charge < -0.3 is 5.11 Å². The minimum atomic E-state index is -0.744. The number of aliphatic carboxylic acids is 1. The highest BCUT2D eigenvalue weighted by Crippen LogP contribution is 2.37. The van der Waals surface area contributed by atoms with Crippen LogP contribution in [-0.4, -0.2) is 23.2 Å². The van der Waals surface area contributed by atoms with E-state index < -0.39 is 11.5 Å². The van der Waals surface area contributed by atoms with Crippen molar-refractivity contribution in [3.8, 4) is 0 Å². The summed E-state index contributed by atoms with van der Waals surface area (Å²) in [5.74, 6) is -0.0840. The van der Waals surface area contributed by atoms with Crippen molar-refractivity contribution in [2.75, 3.05) is 6.54 Å². The Kier molecular flexibility index (Phi) is 3.91. The molecule has 1 aliphatic carbocycles. The summed E-state index contributed by atoms with van der Waals surface area (Å²) >= 11 is 0. The van der Waals surface area contributed by atoms with Crippen molar-refractivity contribution in [2.45, 2.75) is 38.6 Å². The zero-order valence-electron chi connectivity index (χ0n) is 9.62. The van der Waals surface area contributed by atoms with Gasteiger partial charge in [0.05, 0.1) is 0 Å². The summed E-state index contributed by atoms with van der Waals surface area (Å²) in [5.41, 5.74) is -0.744. The fourth-order valence-corrected chi connectivity index (χ4v) is 2.55. The average molecular weight is 211 g/mol. The van der Waals surface area contributed by atoms with Gasteiger partial charge in [0, 0.05) is 6.54 Å². The van der Waals surface area contributed by atoms with E-state index in [0.717, 1.165) is 19.3 Å². The topological polar surface area (TPSA) is 49.3 Å². The minimum Gasteiger partial charge on any atom is -0.480 e. The second-order valence-electron chi connectivity index (χ2n) is 4.60. The van der Waals surface area contributed by atoms with E-state index in [4.69, 9.17) is 0 Å². The third-order valence-corrected chi connectivity index (χ3v) is 3.80. The molecular formula is C12H21NO2. The molecule has 0 saturated heterocycles. The molecular weight excluding hydrogens is 190 g/mol. The van der Waals surface area contributed by atoms with Gasteiger partial charge in [-0.15, -0.1) is 6.58 Å². The van der Waals surface area contributed by atoms with Gasteiger partial charge in [-0.3, -0.25) is 10.1 Å². The van der Waals surface area contributed by atoms with Crippen LogP contribution < -0.4 is 5.32 Å². The van der Waals surface area contributed by atoms with Crippen LogP contribution in [0.3, 0.4) is 0 Å². The first-order chi connectivity index (χ1) is 7.04. The van der Waals surface area contributed by atoms with Crippen molar-refractivity contribution in [1.29, 1.82) is 0 Å². The smallest absolute Gasteiger partial charge is 0.324 e. The van der Waals surface area contributed by atoms with Crippen LogP contribution in [0.4, 0.5) is 0 Å². The molecule has 0 spiro atoms. The molecule has 0 aromatic carbocycles. The zero-order chi connectivity index (χ0) is 11.5. The molecule has 0 amide bonds. The van der Waals surface area contributed by atoms with Gasteiger partial charge in [0.2, 0.25) is 0 Å². The molecule has 1 aliphatic rings. The predicted octanol–water partition coefficient (Wildman–Crippen LogP) is 2.04. The minimum absolute atomic E-state index is 0.170. The van der Waals surface area contributed by atoms with Gasteiger partial charge in [-0.1, -0.05) is 32.8 Å². The highest BCUT2D eigenvalue weighted by molar-refractivity contribution is 5.79. The van der Waals surface area contributed by atoms with E-state index in [-0.39, 0.29) is 5.92 Å². The van der Waals surface area contributed by atoms with E-state index in [9.17, 15) is 9.90 Å². The molecule has 86 valence electrons. The van der Waals surface area contributed by atoms with Crippen molar-refractivity contribution < 1.29 is 9.90 Å². The summed E-state index contributed by atoms with van der Waals surface area (Å²) in [7, 11) is 0. The van der Waals surface area contributed by atoms with Crippen molar-refractivity contribution in [1.82, 2.24) is 5.32 Å². The van der Waals surface area contributed by atoms with Gasteiger partial charge in [0.25, 0.3) is 0 Å². The van der Waals surface area contributed by atoms with E-state index in [1.54, 1.807) is 6.08 Å². The molecule has 0 radical (unpaired) electrons. The van der Waals surface area contributed by atoms with Crippen molar-refractivity contribution in [3.63, 3.8) is 0 Å². The summed E-state index contributed by atoms with van der Waals surface area (Å²) in [6.45, 7) is 8.35. The molecule has 1 rings (SSSR count). The second-order valence-corrected chi connectivity index (χ2v) is 4.60. The lowest BCUT2D eigenvalue weighted by Crippen LogP contribution is -2.59. The van der Waals surface area contributed by atoms with E-state index in [1.165, 1.54) is 0 Å². The fourth-order valence-electron chi connectivity index (χ4n) is 2.55. The quantitative estimate of drug-likeness (QED) is 0.700. The first-order valence-electron chi connectivity index (χ1n) is 5.64. The van der Waals surface area contributed by atoms with Gasteiger partial charge >= 0.3 is 5.97 Å². The SMILES string of the molecule is C=CCNC1(C(=O)O)CCCC(C)C1C. The molecule has 3 atom stereocenters. The number of hydrogen-bond donors (Lipinski definition) is 2. The highest BCUT2D eigenvalue weighted by Gasteiger charge is 2.47. The fraction of sp³-hybridized carbons (Fsp3) is 0.750. The number of carbonyl (C=O) groups is 1. The Morgan fingerprint density at radius 1 is 1.67 bits per heavy atom. The second kappa shape index (κ2) is 4.79. The van der Waals surface area contributed by atoms with Crippen LogP contribution in [0.25, 0.3) is 0 Å².